The van der Waals surface area contributed by atoms with E-state index in [2.05, 4.69) is 5.16 Å². The zero-order valence-corrected chi connectivity index (χ0v) is 21.2. The average molecular weight is 494 g/mol. The van der Waals surface area contributed by atoms with Crippen LogP contribution in [0.4, 0.5) is 5.69 Å². The van der Waals surface area contributed by atoms with Gasteiger partial charge in [0.25, 0.3) is 0 Å². The van der Waals surface area contributed by atoms with Crippen LogP contribution >= 0.6 is 0 Å². The third-order valence-corrected chi connectivity index (χ3v) is 8.34. The van der Waals surface area contributed by atoms with Gasteiger partial charge < -0.3 is 9.42 Å². The predicted octanol–water partition coefficient (Wildman–Crippen LogP) is 4.92. The van der Waals surface area contributed by atoms with Gasteiger partial charge in [-0.05, 0) is 57.4 Å². The lowest BCUT2D eigenvalue weighted by atomic mass is 9.97. The van der Waals surface area contributed by atoms with Crippen LogP contribution in [0.3, 0.4) is 0 Å². The molecule has 2 heterocycles. The Morgan fingerprint density at radius 2 is 1.83 bits per heavy atom. The van der Waals surface area contributed by atoms with Crippen LogP contribution in [-0.2, 0) is 14.8 Å². The molecular weight excluding hydrogens is 462 g/mol. The Morgan fingerprint density at radius 1 is 1.11 bits per heavy atom. The second-order valence-electron chi connectivity index (χ2n) is 8.83. The number of nitrogens with zero attached hydrogens (tertiary/aromatic N) is 3. The van der Waals surface area contributed by atoms with E-state index in [-0.39, 0.29) is 23.1 Å². The van der Waals surface area contributed by atoms with Crippen LogP contribution in [0.2, 0.25) is 0 Å². The van der Waals surface area contributed by atoms with Crippen molar-refractivity contribution in [3.8, 4) is 0 Å². The van der Waals surface area contributed by atoms with Crippen LogP contribution in [0.5, 0.6) is 0 Å². The number of hydrogen-bond acceptors (Lipinski definition) is 5. The summed E-state index contributed by atoms with van der Waals surface area (Å²) < 4.78 is 34.2. The zero-order valence-electron chi connectivity index (χ0n) is 20.3. The second-order valence-corrected chi connectivity index (χ2v) is 10.7. The summed E-state index contributed by atoms with van der Waals surface area (Å²) in [5.74, 6) is -0.276. The van der Waals surface area contributed by atoms with Gasteiger partial charge in [0, 0.05) is 25.3 Å². The number of aromatic nitrogens is 1. The van der Waals surface area contributed by atoms with Gasteiger partial charge in [-0.25, -0.2) is 8.42 Å². The highest BCUT2D eigenvalue weighted by atomic mass is 32.2. The van der Waals surface area contributed by atoms with Crippen molar-refractivity contribution in [2.45, 2.75) is 38.5 Å². The van der Waals surface area contributed by atoms with E-state index in [0.29, 0.717) is 31.6 Å². The van der Waals surface area contributed by atoms with E-state index >= 15 is 0 Å². The van der Waals surface area contributed by atoms with Gasteiger partial charge in [0.2, 0.25) is 15.9 Å². The minimum Gasteiger partial charge on any atom is -0.355 e. The maximum Gasteiger partial charge on any atom is 0.248 e. The number of para-hydroxylation sites is 1. The van der Waals surface area contributed by atoms with Crippen molar-refractivity contribution in [2.24, 2.45) is 5.92 Å². The van der Waals surface area contributed by atoms with Gasteiger partial charge in [-0.2, -0.15) is 4.31 Å². The largest absolute Gasteiger partial charge is 0.355 e. The Kier molecular flexibility index (Phi) is 7.52. The molecule has 0 N–H and O–H groups in total. The molecular formula is C27H31N3O4S. The molecule has 1 saturated heterocycles. The quantitative estimate of drug-likeness (QED) is 0.467. The summed E-state index contributed by atoms with van der Waals surface area (Å²) in [5, 5.41) is 3.93. The van der Waals surface area contributed by atoms with Crippen molar-refractivity contribution in [3.05, 3.63) is 77.2 Å². The smallest absolute Gasteiger partial charge is 0.248 e. The maximum absolute atomic E-state index is 13.7. The second kappa shape index (κ2) is 10.6. The van der Waals surface area contributed by atoms with E-state index in [1.54, 1.807) is 24.0 Å². The molecule has 3 aromatic rings. The average Bonchev–Trinajstić information content (AvgIpc) is 3.26. The Bertz CT molecular complexity index is 1300. The lowest BCUT2D eigenvalue weighted by Crippen LogP contribution is -2.47. The highest BCUT2D eigenvalue weighted by Crippen LogP contribution is 2.30. The number of hydrogen-bond donors (Lipinski definition) is 0. The van der Waals surface area contributed by atoms with Crippen LogP contribution in [0.15, 0.2) is 64.0 Å². The summed E-state index contributed by atoms with van der Waals surface area (Å²) in [6.45, 7) is 6.57. The fourth-order valence-electron chi connectivity index (χ4n) is 4.43. The topological polar surface area (TPSA) is 83.7 Å². The van der Waals surface area contributed by atoms with E-state index in [1.165, 1.54) is 4.31 Å². The summed E-state index contributed by atoms with van der Waals surface area (Å²) in [6, 6.07) is 17.4. The SMILES string of the molecule is CCN(C(=O)C1CCCN(S(=O)(=O)c2c(C)noc2/C=C/c2ccc(C)cc2)C1)c1ccccc1. The monoisotopic (exact) mass is 493 g/mol. The molecule has 1 aromatic heterocycles. The Labute approximate surface area is 207 Å². The number of aryl methyl sites for hydroxylation is 2. The molecule has 35 heavy (non-hydrogen) atoms. The summed E-state index contributed by atoms with van der Waals surface area (Å²) in [4.78, 5) is 15.2. The molecule has 1 atom stereocenters. The van der Waals surface area contributed by atoms with E-state index in [0.717, 1.165) is 16.8 Å². The molecule has 1 aliphatic rings. The van der Waals surface area contributed by atoms with E-state index in [4.69, 9.17) is 4.52 Å². The van der Waals surface area contributed by atoms with Gasteiger partial charge in [0.1, 0.15) is 5.69 Å². The van der Waals surface area contributed by atoms with Crippen molar-refractivity contribution < 1.29 is 17.7 Å². The molecule has 1 amide bonds. The summed E-state index contributed by atoms with van der Waals surface area (Å²) in [5.41, 5.74) is 3.20. The van der Waals surface area contributed by atoms with Crippen LogP contribution < -0.4 is 4.90 Å². The van der Waals surface area contributed by atoms with Crippen molar-refractivity contribution in [1.82, 2.24) is 9.46 Å². The fourth-order valence-corrected chi connectivity index (χ4v) is 6.21. The molecule has 184 valence electrons. The highest BCUT2D eigenvalue weighted by Gasteiger charge is 2.38. The number of benzene rings is 2. The van der Waals surface area contributed by atoms with Crippen molar-refractivity contribution in [2.75, 3.05) is 24.5 Å². The first-order valence-corrected chi connectivity index (χ1v) is 13.3. The summed E-state index contributed by atoms with van der Waals surface area (Å²) >= 11 is 0. The first kappa shape index (κ1) is 24.9. The molecule has 1 unspecified atom stereocenters. The summed E-state index contributed by atoms with van der Waals surface area (Å²) in [7, 11) is -3.90. The predicted molar refractivity (Wildman–Crippen MR) is 137 cm³/mol. The van der Waals surface area contributed by atoms with Gasteiger partial charge >= 0.3 is 0 Å². The Balaban J connectivity index is 1.57. The van der Waals surface area contributed by atoms with Gasteiger partial charge in [0.05, 0.1) is 5.92 Å². The molecule has 0 radical (unpaired) electrons. The minimum atomic E-state index is -3.90. The lowest BCUT2D eigenvalue weighted by molar-refractivity contribution is -0.123. The van der Waals surface area contributed by atoms with Crippen LogP contribution in [0.25, 0.3) is 12.2 Å². The standard InChI is InChI=1S/C27H31N3O4S/c1-4-30(24-10-6-5-7-11-24)27(31)23-9-8-18-29(19-23)35(32,33)26-21(3)28-34-25(26)17-16-22-14-12-20(2)13-15-22/h5-7,10-17,23H,4,8-9,18-19H2,1-3H3/b17-16+. The van der Waals surface area contributed by atoms with Crippen LogP contribution in [0, 0.1) is 19.8 Å². The molecule has 0 saturated carbocycles. The molecule has 4 rings (SSSR count). The number of piperidine rings is 1. The number of anilines is 1. The van der Waals surface area contributed by atoms with Crippen molar-refractivity contribution >= 4 is 33.8 Å². The molecule has 2 aromatic carbocycles. The third-order valence-electron chi connectivity index (χ3n) is 6.32. The van der Waals surface area contributed by atoms with E-state index in [1.807, 2.05) is 68.4 Å². The van der Waals surface area contributed by atoms with Crippen molar-refractivity contribution in [1.29, 1.82) is 0 Å². The number of rotatable bonds is 7. The minimum absolute atomic E-state index is 0.0554. The maximum atomic E-state index is 13.7. The molecule has 0 spiro atoms. The third kappa shape index (κ3) is 5.39. The number of amides is 1. The van der Waals surface area contributed by atoms with Crippen LogP contribution in [-0.4, -0.2) is 43.4 Å². The summed E-state index contributed by atoms with van der Waals surface area (Å²) in [6.07, 6.45) is 4.70. The van der Waals surface area contributed by atoms with Crippen molar-refractivity contribution in [3.63, 3.8) is 0 Å². The van der Waals surface area contributed by atoms with Gasteiger partial charge in [-0.15, -0.1) is 0 Å². The van der Waals surface area contributed by atoms with Gasteiger partial charge in [-0.1, -0.05) is 59.3 Å². The number of carbonyl (C=O) groups excluding carboxylic acids is 1. The molecule has 7 nitrogen and oxygen atoms in total. The van der Waals surface area contributed by atoms with Gasteiger partial charge in [0.15, 0.2) is 10.7 Å². The van der Waals surface area contributed by atoms with Gasteiger partial charge in [-0.3, -0.25) is 4.79 Å². The molecule has 0 aliphatic carbocycles. The zero-order chi connectivity index (χ0) is 25.0. The number of carbonyl (C=O) groups is 1. The normalized spacial score (nSPS) is 17.1. The first-order valence-electron chi connectivity index (χ1n) is 11.9. The molecule has 0 bridgehead atoms. The molecule has 8 heteroatoms. The Hall–Kier alpha value is -3.23. The first-order chi connectivity index (χ1) is 16.8. The highest BCUT2D eigenvalue weighted by molar-refractivity contribution is 7.89. The molecule has 1 fully saturated rings. The van der Waals surface area contributed by atoms with E-state index < -0.39 is 15.9 Å². The lowest BCUT2D eigenvalue weighted by Gasteiger charge is -2.34. The number of sulfonamides is 1. The van der Waals surface area contributed by atoms with Crippen LogP contribution in [0.1, 0.15) is 42.3 Å². The van der Waals surface area contributed by atoms with E-state index in [9.17, 15) is 13.2 Å². The Morgan fingerprint density at radius 3 is 2.51 bits per heavy atom. The fraction of sp³-hybridized carbons (Fsp3) is 0.333. The molecule has 1 aliphatic heterocycles.